The first-order valence-electron chi connectivity index (χ1n) is 10.1. The zero-order valence-corrected chi connectivity index (χ0v) is 19.9. The molecule has 1 aliphatic heterocycles. The Morgan fingerprint density at radius 2 is 1.71 bits per heavy atom. The van der Waals surface area contributed by atoms with Gasteiger partial charge in [0.1, 0.15) is 0 Å². The molecule has 0 aliphatic carbocycles. The van der Waals surface area contributed by atoms with Gasteiger partial charge < -0.3 is 4.52 Å². The summed E-state index contributed by atoms with van der Waals surface area (Å²) in [5, 5.41) is 15.3. The predicted molar refractivity (Wildman–Crippen MR) is 117 cm³/mol. The van der Waals surface area contributed by atoms with E-state index in [1.165, 1.54) is 0 Å². The fraction of sp³-hybridized carbons (Fsp3) is 0.842. The molecule has 0 aromatic rings. The number of nitriles is 1. The number of nitrogens with one attached hydrogen (secondary N) is 1. The Bertz CT molecular complexity index is 573. The molecule has 0 spiro atoms. The van der Waals surface area contributed by atoms with E-state index in [1.807, 2.05) is 25.2 Å². The summed E-state index contributed by atoms with van der Waals surface area (Å²) >= 11 is 0. The number of hydrogen-bond donors (Lipinski definition) is 1. The summed E-state index contributed by atoms with van der Waals surface area (Å²) in [5.74, 6) is 0. The summed E-state index contributed by atoms with van der Waals surface area (Å²) in [4.78, 5) is 1.77. The smallest absolute Gasteiger partial charge is 0.215 e. The van der Waals surface area contributed by atoms with Gasteiger partial charge in [0.15, 0.2) is 14.8 Å². The Balaban J connectivity index is 3.04. The number of hydrazine groups is 2. The van der Waals surface area contributed by atoms with Crippen LogP contribution in [-0.2, 0) is 4.52 Å². The Labute approximate surface area is 172 Å². The molecule has 0 radical (unpaired) electrons. The van der Waals surface area contributed by atoms with Crippen LogP contribution in [0.4, 0.5) is 0 Å². The van der Waals surface area contributed by atoms with E-state index in [9.17, 15) is 0 Å². The topological polar surface area (TPSA) is 70.1 Å². The first-order chi connectivity index (χ1) is 13.1. The predicted octanol–water partition coefficient (Wildman–Crippen LogP) is 3.53. The van der Waals surface area contributed by atoms with Crippen molar-refractivity contribution >= 4 is 20.5 Å². The summed E-state index contributed by atoms with van der Waals surface area (Å²) in [6, 6.07) is 3.42. The van der Waals surface area contributed by atoms with Crippen LogP contribution in [0.25, 0.3) is 0 Å². The van der Waals surface area contributed by atoms with Crippen molar-refractivity contribution in [2.75, 3.05) is 13.2 Å². The van der Waals surface area contributed by atoms with E-state index >= 15 is 0 Å². The van der Waals surface area contributed by atoms with Crippen molar-refractivity contribution < 1.29 is 9.32 Å². The van der Waals surface area contributed by atoms with Crippen molar-refractivity contribution in [1.29, 1.82) is 5.26 Å². The summed E-state index contributed by atoms with van der Waals surface area (Å²) in [5.41, 5.74) is 4.35. The second-order valence-electron chi connectivity index (χ2n) is 8.13. The highest BCUT2D eigenvalue weighted by Gasteiger charge is 2.36. The molecule has 1 rings (SSSR count). The Hall–Kier alpha value is -1.26. The largest absolute Gasteiger partial charge is 0.330 e. The monoisotopic (exact) mass is 412 g/mol. The average molecular weight is 413 g/mol. The van der Waals surface area contributed by atoms with E-state index in [0.29, 0.717) is 31.2 Å². The molecule has 0 amide bonds. The molecule has 160 valence electrons. The van der Waals surface area contributed by atoms with Crippen LogP contribution in [0.2, 0.25) is 0 Å². The molecule has 2 unspecified atom stereocenters. The van der Waals surface area contributed by atoms with Crippen molar-refractivity contribution in [1.82, 2.24) is 19.9 Å². The van der Waals surface area contributed by atoms with Crippen LogP contribution < -0.4 is 5.53 Å². The summed E-state index contributed by atoms with van der Waals surface area (Å²) in [7, 11) is -1.00. The molecule has 1 N–H and O–H groups in total. The fourth-order valence-corrected chi connectivity index (χ4v) is 5.61. The van der Waals surface area contributed by atoms with Crippen molar-refractivity contribution in [3.63, 3.8) is 0 Å². The van der Waals surface area contributed by atoms with Gasteiger partial charge in [0, 0.05) is 47.9 Å². The second-order valence-corrected chi connectivity index (χ2v) is 9.81. The SMILES string of the molecule is CC(C)=[N+]1N=CN(CC(C)N(C(C)C)P(OCCC#N)N(C(C)C)C(C)C)N1. The third-order valence-electron chi connectivity index (χ3n) is 4.27. The summed E-state index contributed by atoms with van der Waals surface area (Å²) < 4.78 is 11.2. The van der Waals surface area contributed by atoms with Crippen LogP contribution in [0.1, 0.15) is 68.7 Å². The average Bonchev–Trinajstić information content (AvgIpc) is 3.02. The van der Waals surface area contributed by atoms with Crippen LogP contribution in [0.3, 0.4) is 0 Å². The highest BCUT2D eigenvalue weighted by Crippen LogP contribution is 2.50. The first kappa shape index (κ1) is 24.8. The number of nitrogens with zero attached hydrogens (tertiary/aromatic N) is 6. The normalized spacial score (nSPS) is 16.5. The van der Waals surface area contributed by atoms with E-state index in [1.54, 1.807) is 4.79 Å². The maximum atomic E-state index is 8.97. The highest BCUT2D eigenvalue weighted by molar-refractivity contribution is 7.47. The molecule has 0 aromatic carbocycles. The van der Waals surface area contributed by atoms with Crippen LogP contribution in [0, 0.1) is 11.3 Å². The molecule has 8 nitrogen and oxygen atoms in total. The van der Waals surface area contributed by atoms with Crippen LogP contribution >= 0.6 is 8.45 Å². The van der Waals surface area contributed by atoms with E-state index in [-0.39, 0.29) is 6.04 Å². The van der Waals surface area contributed by atoms with Gasteiger partial charge >= 0.3 is 0 Å². The minimum Gasteiger partial charge on any atom is -0.330 e. The molecule has 0 saturated carbocycles. The van der Waals surface area contributed by atoms with Gasteiger partial charge in [-0.2, -0.15) is 5.26 Å². The van der Waals surface area contributed by atoms with Crippen LogP contribution in [-0.4, -0.2) is 68.5 Å². The van der Waals surface area contributed by atoms with Gasteiger partial charge in [0.05, 0.1) is 25.6 Å². The molecule has 0 aromatic heterocycles. The quantitative estimate of drug-likeness (QED) is 0.318. The van der Waals surface area contributed by atoms with Gasteiger partial charge in [0.2, 0.25) is 5.71 Å². The number of hydrazone groups is 2. The molecule has 0 fully saturated rings. The molecule has 28 heavy (non-hydrogen) atoms. The zero-order chi connectivity index (χ0) is 21.4. The van der Waals surface area contributed by atoms with E-state index in [2.05, 4.69) is 74.5 Å². The van der Waals surface area contributed by atoms with E-state index in [4.69, 9.17) is 9.79 Å². The van der Waals surface area contributed by atoms with Gasteiger partial charge in [-0.05, 0) is 48.5 Å². The van der Waals surface area contributed by atoms with Crippen molar-refractivity contribution in [2.45, 2.75) is 92.9 Å². The zero-order valence-electron chi connectivity index (χ0n) is 19.0. The number of rotatable bonds is 11. The minimum absolute atomic E-state index is 0.226. The molecule has 1 heterocycles. The number of hydrogen-bond acceptors (Lipinski definition) is 7. The van der Waals surface area contributed by atoms with Crippen LogP contribution in [0.15, 0.2) is 5.10 Å². The lowest BCUT2D eigenvalue weighted by molar-refractivity contribution is -0.604. The summed E-state index contributed by atoms with van der Waals surface area (Å²) in [6.45, 7) is 20.7. The lowest BCUT2D eigenvalue weighted by atomic mass is 10.3. The summed E-state index contributed by atoms with van der Waals surface area (Å²) in [6.07, 6.45) is 2.23. The van der Waals surface area contributed by atoms with Gasteiger partial charge in [0.25, 0.3) is 0 Å². The third-order valence-corrected chi connectivity index (χ3v) is 7.25. The lowest BCUT2D eigenvalue weighted by Crippen LogP contribution is -2.49. The van der Waals surface area contributed by atoms with Gasteiger partial charge in [-0.25, -0.2) is 14.3 Å². The highest BCUT2D eigenvalue weighted by atomic mass is 31.2. The van der Waals surface area contributed by atoms with Gasteiger partial charge in [-0.15, -0.1) is 0 Å². The Morgan fingerprint density at radius 1 is 1.14 bits per heavy atom. The maximum Gasteiger partial charge on any atom is 0.215 e. The lowest BCUT2D eigenvalue weighted by Gasteiger charge is -2.46. The Kier molecular flexibility index (Phi) is 10.3. The molecule has 2 atom stereocenters. The fourth-order valence-electron chi connectivity index (χ4n) is 3.25. The Morgan fingerprint density at radius 3 is 2.14 bits per heavy atom. The second kappa shape index (κ2) is 11.7. The van der Waals surface area contributed by atoms with E-state index < -0.39 is 8.45 Å². The van der Waals surface area contributed by atoms with Gasteiger partial charge in [-0.3, -0.25) is 0 Å². The molecule has 9 heteroatoms. The molecule has 0 bridgehead atoms. The molecule has 0 saturated heterocycles. The molecular formula is C19H39N7OP+. The van der Waals surface area contributed by atoms with E-state index in [0.717, 1.165) is 12.3 Å². The maximum absolute atomic E-state index is 8.97. The van der Waals surface area contributed by atoms with Crippen molar-refractivity contribution in [3.8, 4) is 6.07 Å². The van der Waals surface area contributed by atoms with Crippen molar-refractivity contribution in [3.05, 3.63) is 0 Å². The minimum atomic E-state index is -1.00. The third kappa shape index (κ3) is 6.97. The standard InChI is InChI=1S/C19H39N7OP/c1-15(2)24(16(3)4)28(27-12-10-11-20)25(17(5)6)19(9)13-23-14-21-26(22-23)18(7)8/h14-17,19,22H,10,12-13H2,1-9H3/q+1. The molecular weight excluding hydrogens is 373 g/mol. The first-order valence-corrected chi connectivity index (χ1v) is 11.3. The van der Waals surface area contributed by atoms with Gasteiger partial charge in [-0.1, -0.05) is 5.53 Å². The molecule has 1 aliphatic rings. The van der Waals surface area contributed by atoms with Crippen LogP contribution in [0.5, 0.6) is 0 Å². The van der Waals surface area contributed by atoms with Crippen molar-refractivity contribution in [2.24, 2.45) is 5.10 Å².